The summed E-state index contributed by atoms with van der Waals surface area (Å²) in [6.07, 6.45) is -2.76. The van der Waals surface area contributed by atoms with Crippen molar-refractivity contribution in [1.82, 2.24) is 14.8 Å². The summed E-state index contributed by atoms with van der Waals surface area (Å²) in [6, 6.07) is 5.86. The molecule has 0 atom stereocenters. The van der Waals surface area contributed by atoms with E-state index in [2.05, 4.69) is 20.7 Å². The van der Waals surface area contributed by atoms with Crippen LogP contribution in [0.3, 0.4) is 0 Å². The highest BCUT2D eigenvalue weighted by Gasteiger charge is 2.32. The predicted octanol–water partition coefficient (Wildman–Crippen LogP) is 2.85. The summed E-state index contributed by atoms with van der Waals surface area (Å²) in [5.74, 6) is -0.0337. The van der Waals surface area contributed by atoms with Gasteiger partial charge >= 0.3 is 12.2 Å². The Morgan fingerprint density at radius 2 is 2.00 bits per heavy atom. The monoisotopic (exact) mass is 324 g/mol. The van der Waals surface area contributed by atoms with Crippen LogP contribution in [0.1, 0.15) is 12.1 Å². The van der Waals surface area contributed by atoms with Crippen LogP contribution in [0.2, 0.25) is 0 Å². The van der Waals surface area contributed by atoms with Crippen LogP contribution >= 0.6 is 0 Å². The molecule has 0 saturated carbocycles. The summed E-state index contributed by atoms with van der Waals surface area (Å²) in [5.41, 5.74) is -1.10. The van der Waals surface area contributed by atoms with Gasteiger partial charge in [0, 0.05) is 12.3 Å². The summed E-state index contributed by atoms with van der Waals surface area (Å²) in [4.78, 5) is 15.0. The summed E-state index contributed by atoms with van der Waals surface area (Å²) in [5, 5.41) is 17.0. The van der Waals surface area contributed by atoms with Gasteiger partial charge in [0.05, 0.1) is 19.0 Å². The lowest BCUT2D eigenvalue weighted by Crippen LogP contribution is -2.21. The minimum Gasteiger partial charge on any atom is -0.292 e. The zero-order chi connectivity index (χ0) is 16.9. The van der Waals surface area contributed by atoms with Gasteiger partial charge in [-0.1, -0.05) is 6.07 Å². The van der Waals surface area contributed by atoms with E-state index in [9.17, 15) is 18.0 Å². The Kier molecular flexibility index (Phi) is 4.80. The van der Waals surface area contributed by atoms with Crippen LogP contribution in [0.4, 0.5) is 29.6 Å². The van der Waals surface area contributed by atoms with Crippen LogP contribution in [0.25, 0.3) is 0 Å². The molecule has 0 spiro atoms. The molecule has 0 unspecified atom stereocenters. The Hall–Kier alpha value is -3.09. The lowest BCUT2D eigenvalue weighted by molar-refractivity contribution is -0.141. The van der Waals surface area contributed by atoms with Gasteiger partial charge in [-0.3, -0.25) is 15.3 Å². The number of amides is 2. The van der Waals surface area contributed by atoms with Gasteiger partial charge in [0.2, 0.25) is 0 Å². The molecular formula is C13H11F3N6O. The fraction of sp³-hybridized carbons (Fsp3) is 0.231. The maximum Gasteiger partial charge on any atom is 0.433 e. The Labute approximate surface area is 128 Å². The fourth-order valence-electron chi connectivity index (χ4n) is 1.64. The van der Waals surface area contributed by atoms with Crippen LogP contribution in [-0.4, -0.2) is 20.8 Å². The number of rotatable bonds is 4. The SMILES string of the molecule is N#CCCn1ccc(NC(=O)Nc2cccc(C(F)(F)F)n2)n1. The van der Waals surface area contributed by atoms with E-state index in [1.54, 1.807) is 6.20 Å². The highest BCUT2D eigenvalue weighted by atomic mass is 19.4. The number of nitrogens with one attached hydrogen (secondary N) is 2. The molecule has 0 aromatic carbocycles. The first-order chi connectivity index (χ1) is 10.9. The van der Waals surface area contributed by atoms with Crippen molar-refractivity contribution in [2.24, 2.45) is 0 Å². The Bertz CT molecular complexity index is 734. The van der Waals surface area contributed by atoms with E-state index in [1.165, 1.54) is 16.8 Å². The van der Waals surface area contributed by atoms with E-state index in [0.717, 1.165) is 12.1 Å². The number of hydrogen-bond donors (Lipinski definition) is 2. The van der Waals surface area contributed by atoms with Gasteiger partial charge < -0.3 is 0 Å². The number of carbonyl (C=O) groups is 1. The number of alkyl halides is 3. The van der Waals surface area contributed by atoms with Crippen molar-refractivity contribution >= 4 is 17.7 Å². The predicted molar refractivity (Wildman–Crippen MR) is 74.3 cm³/mol. The number of urea groups is 1. The number of nitrogens with zero attached hydrogens (tertiary/aromatic N) is 4. The number of nitriles is 1. The molecule has 2 aromatic rings. The first-order valence-corrected chi connectivity index (χ1v) is 6.41. The van der Waals surface area contributed by atoms with Gasteiger partial charge in [0.15, 0.2) is 5.82 Å². The van der Waals surface area contributed by atoms with Gasteiger partial charge in [-0.15, -0.1) is 0 Å². The molecule has 0 saturated heterocycles. The second kappa shape index (κ2) is 6.78. The number of hydrogen-bond acceptors (Lipinski definition) is 4. The molecule has 2 aromatic heterocycles. The van der Waals surface area contributed by atoms with Crippen LogP contribution in [0.5, 0.6) is 0 Å². The maximum atomic E-state index is 12.5. The van der Waals surface area contributed by atoms with E-state index >= 15 is 0 Å². The Balaban J connectivity index is 1.97. The summed E-state index contributed by atoms with van der Waals surface area (Å²) in [7, 11) is 0. The highest BCUT2D eigenvalue weighted by Crippen LogP contribution is 2.28. The van der Waals surface area contributed by atoms with E-state index in [1.807, 2.05) is 6.07 Å². The first-order valence-electron chi connectivity index (χ1n) is 6.41. The normalized spacial score (nSPS) is 10.9. The van der Waals surface area contributed by atoms with Gasteiger partial charge in [-0.05, 0) is 12.1 Å². The van der Waals surface area contributed by atoms with Crippen LogP contribution in [0.15, 0.2) is 30.5 Å². The van der Waals surface area contributed by atoms with E-state index in [4.69, 9.17) is 5.26 Å². The van der Waals surface area contributed by atoms with Gasteiger partial charge in [-0.2, -0.15) is 23.5 Å². The average molecular weight is 324 g/mol. The van der Waals surface area contributed by atoms with E-state index < -0.39 is 17.9 Å². The van der Waals surface area contributed by atoms with Gasteiger partial charge in [0.25, 0.3) is 0 Å². The molecule has 0 aliphatic carbocycles. The number of carbonyl (C=O) groups excluding carboxylic acids is 1. The molecule has 2 amide bonds. The molecule has 23 heavy (non-hydrogen) atoms. The lowest BCUT2D eigenvalue weighted by atomic mass is 10.3. The average Bonchev–Trinajstić information content (AvgIpc) is 2.91. The second-order valence-corrected chi connectivity index (χ2v) is 4.36. The minimum atomic E-state index is -4.59. The smallest absolute Gasteiger partial charge is 0.292 e. The Morgan fingerprint density at radius 1 is 1.26 bits per heavy atom. The molecule has 0 aliphatic rings. The molecule has 2 rings (SSSR count). The van der Waals surface area contributed by atoms with Crippen LogP contribution in [0, 0.1) is 11.3 Å². The van der Waals surface area contributed by atoms with E-state index in [0.29, 0.717) is 6.54 Å². The quantitative estimate of drug-likeness (QED) is 0.904. The molecule has 120 valence electrons. The van der Waals surface area contributed by atoms with Gasteiger partial charge in [0.1, 0.15) is 11.5 Å². The molecule has 0 fully saturated rings. The summed E-state index contributed by atoms with van der Waals surface area (Å²) < 4.78 is 39.1. The molecule has 0 aliphatic heterocycles. The molecule has 7 nitrogen and oxygen atoms in total. The molecule has 0 radical (unpaired) electrons. The lowest BCUT2D eigenvalue weighted by Gasteiger charge is -2.08. The number of anilines is 2. The Morgan fingerprint density at radius 3 is 2.70 bits per heavy atom. The standard InChI is InChI=1S/C13H11F3N6O/c14-13(15,16)9-3-1-4-10(18-9)19-12(23)20-11-5-8-22(21-11)7-2-6-17/h1,3-5,8H,2,7H2,(H2,18,19,20,21,23). The van der Waals surface area contributed by atoms with Crippen molar-refractivity contribution in [2.75, 3.05) is 10.6 Å². The molecule has 2 heterocycles. The van der Waals surface area contributed by atoms with Crippen molar-refractivity contribution in [2.45, 2.75) is 19.1 Å². The second-order valence-electron chi connectivity index (χ2n) is 4.36. The zero-order valence-electron chi connectivity index (χ0n) is 11.6. The number of aryl methyl sites for hydroxylation is 1. The first kappa shape index (κ1) is 16.3. The summed E-state index contributed by atoms with van der Waals surface area (Å²) >= 11 is 0. The largest absolute Gasteiger partial charge is 0.433 e. The van der Waals surface area contributed by atoms with Crippen LogP contribution in [-0.2, 0) is 12.7 Å². The van der Waals surface area contributed by atoms with Crippen molar-refractivity contribution in [3.63, 3.8) is 0 Å². The molecule has 10 heteroatoms. The van der Waals surface area contributed by atoms with Crippen molar-refractivity contribution in [1.29, 1.82) is 5.26 Å². The summed E-state index contributed by atoms with van der Waals surface area (Å²) in [6.45, 7) is 0.370. The number of halogens is 3. The molecule has 2 N–H and O–H groups in total. The fourth-order valence-corrected chi connectivity index (χ4v) is 1.64. The third-order valence-electron chi connectivity index (χ3n) is 2.62. The topological polar surface area (TPSA) is 95.6 Å². The van der Waals surface area contributed by atoms with Crippen molar-refractivity contribution in [3.8, 4) is 6.07 Å². The molecular weight excluding hydrogens is 313 g/mol. The van der Waals surface area contributed by atoms with Crippen LogP contribution < -0.4 is 10.6 Å². The van der Waals surface area contributed by atoms with Crippen molar-refractivity contribution in [3.05, 3.63) is 36.2 Å². The number of pyridine rings is 1. The third-order valence-corrected chi connectivity index (χ3v) is 2.62. The maximum absolute atomic E-state index is 12.5. The number of aromatic nitrogens is 3. The zero-order valence-corrected chi connectivity index (χ0v) is 11.6. The van der Waals surface area contributed by atoms with Crippen molar-refractivity contribution < 1.29 is 18.0 Å². The van der Waals surface area contributed by atoms with Gasteiger partial charge in [-0.25, -0.2) is 9.78 Å². The minimum absolute atomic E-state index is 0.201. The third kappa shape index (κ3) is 4.70. The highest BCUT2D eigenvalue weighted by molar-refractivity contribution is 5.98. The molecule has 0 bridgehead atoms. The van der Waals surface area contributed by atoms with E-state index in [-0.39, 0.29) is 18.1 Å².